The minimum atomic E-state index is -3.65. The van der Waals surface area contributed by atoms with Crippen molar-refractivity contribution >= 4 is 27.3 Å². The molecule has 1 fully saturated rings. The van der Waals surface area contributed by atoms with Crippen LogP contribution in [-0.4, -0.2) is 42.1 Å². The molecule has 35 heavy (non-hydrogen) atoms. The second-order valence-corrected chi connectivity index (χ2v) is 14.0. The molecule has 1 saturated carbocycles. The predicted molar refractivity (Wildman–Crippen MR) is 141 cm³/mol. The average molecular weight is 522 g/mol. The van der Waals surface area contributed by atoms with Crippen LogP contribution in [0, 0.1) is 12.8 Å². The lowest BCUT2D eigenvalue weighted by Crippen LogP contribution is -2.40. The lowest BCUT2D eigenvalue weighted by Gasteiger charge is -2.21. The standard InChI is InChI=1S/C26H39N3O4S2/c1-17-14-19(35(32,33)29-25(2,3)4)12-13-20(17)22-21(15-18-10-8-7-9-11-18)28-24(34-22)23(30)27-16-26(5,6)31/h12-14,18,29,31H,7-11,15-16H2,1-6H3,(H,27,30). The topological polar surface area (TPSA) is 108 Å². The Bertz CT molecular complexity index is 1150. The van der Waals surface area contributed by atoms with Gasteiger partial charge in [-0.15, -0.1) is 11.3 Å². The molecule has 0 unspecified atom stereocenters. The number of aromatic nitrogens is 1. The number of carbonyl (C=O) groups excluding carboxylic acids is 1. The van der Waals surface area contributed by atoms with Crippen LogP contribution in [0.5, 0.6) is 0 Å². The Kier molecular flexibility index (Phi) is 8.46. The van der Waals surface area contributed by atoms with E-state index in [0.29, 0.717) is 10.9 Å². The number of aliphatic hydroxyl groups is 1. The molecule has 194 valence electrons. The normalized spacial score (nSPS) is 15.9. The van der Waals surface area contributed by atoms with Crippen molar-refractivity contribution in [2.45, 2.75) is 96.1 Å². The van der Waals surface area contributed by atoms with Gasteiger partial charge in [0.15, 0.2) is 5.01 Å². The number of carbonyl (C=O) groups is 1. The Balaban J connectivity index is 1.96. The zero-order valence-corrected chi connectivity index (χ0v) is 23.3. The van der Waals surface area contributed by atoms with Crippen LogP contribution < -0.4 is 10.0 Å². The Hall–Kier alpha value is -1.81. The van der Waals surface area contributed by atoms with Crippen LogP contribution in [0.4, 0.5) is 0 Å². The van der Waals surface area contributed by atoms with Crippen molar-refractivity contribution in [1.82, 2.24) is 15.0 Å². The van der Waals surface area contributed by atoms with Gasteiger partial charge in [-0.25, -0.2) is 18.1 Å². The molecule has 0 bridgehead atoms. The summed E-state index contributed by atoms with van der Waals surface area (Å²) < 4.78 is 28.4. The predicted octanol–water partition coefficient (Wildman–Crippen LogP) is 4.82. The van der Waals surface area contributed by atoms with Crippen LogP contribution in [0.3, 0.4) is 0 Å². The fourth-order valence-electron chi connectivity index (χ4n) is 4.35. The summed E-state index contributed by atoms with van der Waals surface area (Å²) in [7, 11) is -3.65. The molecule has 0 atom stereocenters. The van der Waals surface area contributed by atoms with Crippen molar-refractivity contribution < 1.29 is 18.3 Å². The van der Waals surface area contributed by atoms with Crippen molar-refractivity contribution in [1.29, 1.82) is 0 Å². The smallest absolute Gasteiger partial charge is 0.280 e. The zero-order valence-electron chi connectivity index (χ0n) is 21.7. The first-order valence-electron chi connectivity index (χ1n) is 12.3. The minimum Gasteiger partial charge on any atom is -0.389 e. The number of thiazole rings is 1. The molecular formula is C26H39N3O4S2. The Morgan fingerprint density at radius 3 is 2.37 bits per heavy atom. The first-order valence-corrected chi connectivity index (χ1v) is 14.6. The fraction of sp³-hybridized carbons (Fsp3) is 0.615. The van der Waals surface area contributed by atoms with Gasteiger partial charge >= 0.3 is 0 Å². The molecule has 1 aromatic heterocycles. The monoisotopic (exact) mass is 521 g/mol. The van der Waals surface area contributed by atoms with Gasteiger partial charge in [0, 0.05) is 12.1 Å². The van der Waals surface area contributed by atoms with Gasteiger partial charge in [-0.05, 0) is 77.1 Å². The Labute approximate surface area is 213 Å². The number of hydrogen-bond acceptors (Lipinski definition) is 6. The maximum atomic E-state index is 12.8. The van der Waals surface area contributed by atoms with E-state index in [-0.39, 0.29) is 17.3 Å². The molecule has 0 saturated heterocycles. The fourth-order valence-corrected chi connectivity index (χ4v) is 6.96. The molecule has 9 heteroatoms. The van der Waals surface area contributed by atoms with Crippen LogP contribution in [0.1, 0.15) is 87.8 Å². The lowest BCUT2D eigenvalue weighted by atomic mass is 9.85. The zero-order chi connectivity index (χ0) is 26.0. The van der Waals surface area contributed by atoms with Crippen molar-refractivity contribution in [2.75, 3.05) is 6.54 Å². The number of amides is 1. The molecule has 7 nitrogen and oxygen atoms in total. The third-order valence-corrected chi connectivity index (χ3v) is 8.86. The molecule has 3 rings (SSSR count). The van der Waals surface area contributed by atoms with E-state index in [2.05, 4.69) is 10.0 Å². The van der Waals surface area contributed by atoms with Crippen LogP contribution >= 0.6 is 11.3 Å². The third kappa shape index (κ3) is 7.84. The Morgan fingerprint density at radius 1 is 1.14 bits per heavy atom. The van der Waals surface area contributed by atoms with Crippen LogP contribution in [0.15, 0.2) is 23.1 Å². The molecule has 0 radical (unpaired) electrons. The highest BCUT2D eigenvalue weighted by atomic mass is 32.2. The summed E-state index contributed by atoms with van der Waals surface area (Å²) >= 11 is 1.33. The summed E-state index contributed by atoms with van der Waals surface area (Å²) in [6, 6.07) is 5.12. The van der Waals surface area contributed by atoms with E-state index in [9.17, 15) is 18.3 Å². The summed E-state index contributed by atoms with van der Waals surface area (Å²) in [4.78, 5) is 18.7. The Morgan fingerprint density at radius 2 is 1.80 bits per heavy atom. The number of benzene rings is 1. The highest BCUT2D eigenvalue weighted by Crippen LogP contribution is 2.37. The summed E-state index contributed by atoms with van der Waals surface area (Å²) in [5.74, 6) is 0.229. The van der Waals surface area contributed by atoms with E-state index in [1.807, 2.05) is 33.8 Å². The van der Waals surface area contributed by atoms with Crippen LogP contribution in [-0.2, 0) is 16.4 Å². The van der Waals surface area contributed by atoms with E-state index in [1.54, 1.807) is 26.0 Å². The maximum Gasteiger partial charge on any atom is 0.280 e. The first-order chi connectivity index (χ1) is 16.1. The second kappa shape index (κ2) is 10.7. The number of hydrogen-bond donors (Lipinski definition) is 3. The third-order valence-electron chi connectivity index (χ3n) is 5.97. The van der Waals surface area contributed by atoms with Crippen LogP contribution in [0.2, 0.25) is 0 Å². The molecule has 1 heterocycles. The number of nitrogens with zero attached hydrogens (tertiary/aromatic N) is 1. The SMILES string of the molecule is Cc1cc(S(=O)(=O)NC(C)(C)C)ccc1-c1sc(C(=O)NCC(C)(C)O)nc1CC1CCCCC1. The summed E-state index contributed by atoms with van der Waals surface area (Å²) in [5.41, 5.74) is 1.01. The van der Waals surface area contributed by atoms with Gasteiger partial charge in [0.05, 0.1) is 21.1 Å². The van der Waals surface area contributed by atoms with Gasteiger partial charge in [0.1, 0.15) is 0 Å². The van der Waals surface area contributed by atoms with Gasteiger partial charge in [0.25, 0.3) is 5.91 Å². The van der Waals surface area contributed by atoms with Gasteiger partial charge in [-0.1, -0.05) is 38.2 Å². The van der Waals surface area contributed by atoms with Gasteiger partial charge in [-0.2, -0.15) is 0 Å². The van der Waals surface area contributed by atoms with Gasteiger partial charge < -0.3 is 10.4 Å². The second-order valence-electron chi connectivity index (χ2n) is 11.3. The minimum absolute atomic E-state index is 0.130. The number of nitrogens with one attached hydrogen (secondary N) is 2. The largest absolute Gasteiger partial charge is 0.389 e. The molecule has 1 aliphatic carbocycles. The van der Waals surface area contributed by atoms with Crippen molar-refractivity contribution in [3.8, 4) is 10.4 Å². The molecule has 1 aromatic carbocycles. The number of aryl methyl sites for hydroxylation is 1. The molecule has 3 N–H and O–H groups in total. The van der Waals surface area contributed by atoms with Crippen molar-refractivity contribution in [3.63, 3.8) is 0 Å². The molecular weight excluding hydrogens is 482 g/mol. The molecule has 1 amide bonds. The number of sulfonamides is 1. The highest BCUT2D eigenvalue weighted by Gasteiger charge is 2.26. The van der Waals surface area contributed by atoms with Crippen molar-refractivity contribution in [2.24, 2.45) is 5.92 Å². The van der Waals surface area contributed by atoms with Crippen LogP contribution in [0.25, 0.3) is 10.4 Å². The molecule has 0 spiro atoms. The number of rotatable bonds is 8. The van der Waals surface area contributed by atoms with E-state index in [1.165, 1.54) is 30.6 Å². The van der Waals surface area contributed by atoms with E-state index in [0.717, 1.165) is 41.0 Å². The lowest BCUT2D eigenvalue weighted by molar-refractivity contribution is 0.0694. The molecule has 1 aliphatic rings. The average Bonchev–Trinajstić information content (AvgIpc) is 3.14. The summed E-state index contributed by atoms with van der Waals surface area (Å²) in [6.07, 6.45) is 6.82. The molecule has 0 aliphatic heterocycles. The van der Waals surface area contributed by atoms with E-state index in [4.69, 9.17) is 4.98 Å². The quantitative estimate of drug-likeness (QED) is 0.462. The highest BCUT2D eigenvalue weighted by molar-refractivity contribution is 7.89. The maximum absolute atomic E-state index is 12.8. The first kappa shape index (κ1) is 27.8. The van der Waals surface area contributed by atoms with Crippen molar-refractivity contribution in [3.05, 3.63) is 34.5 Å². The van der Waals surface area contributed by atoms with E-state index < -0.39 is 21.2 Å². The molecule has 2 aromatic rings. The van der Waals surface area contributed by atoms with E-state index >= 15 is 0 Å². The van der Waals surface area contributed by atoms with Gasteiger partial charge in [-0.3, -0.25) is 4.79 Å². The summed E-state index contributed by atoms with van der Waals surface area (Å²) in [6.45, 7) is 10.7. The van der Waals surface area contributed by atoms with Gasteiger partial charge in [0.2, 0.25) is 10.0 Å². The summed E-state index contributed by atoms with van der Waals surface area (Å²) in [5, 5.41) is 13.1.